The quantitative estimate of drug-likeness (QED) is 0.348. The van der Waals surface area contributed by atoms with E-state index < -0.39 is 0 Å². The second-order valence-corrected chi connectivity index (χ2v) is 6.43. The van der Waals surface area contributed by atoms with Crippen LogP contribution in [-0.4, -0.2) is 49.9 Å². The van der Waals surface area contributed by atoms with Crippen LogP contribution in [0.3, 0.4) is 0 Å². The number of guanidine groups is 1. The van der Waals surface area contributed by atoms with Gasteiger partial charge in [0.25, 0.3) is 0 Å². The van der Waals surface area contributed by atoms with Crippen LogP contribution in [0.2, 0.25) is 0 Å². The Morgan fingerprint density at radius 3 is 2.61 bits per heavy atom. The molecule has 0 saturated carbocycles. The summed E-state index contributed by atoms with van der Waals surface area (Å²) in [5.41, 5.74) is 1.50. The molecule has 154 valence electrons. The standard InChI is InChI=1S/C20H28FN5O.HI/c1-2-22-20(23-7-10-25-8-3-4-9-25)24-16-17-5-6-19(18(21)15-17)26-11-13-27-14-12-26;/h3-6,8-9,15H,2,7,10-14,16H2,1H3,(H2,22,23,24);1H. The third-order valence-corrected chi connectivity index (χ3v) is 4.46. The lowest BCUT2D eigenvalue weighted by Gasteiger charge is -2.29. The summed E-state index contributed by atoms with van der Waals surface area (Å²) in [5.74, 6) is 0.539. The molecule has 0 bridgehead atoms. The fourth-order valence-electron chi connectivity index (χ4n) is 3.04. The number of rotatable bonds is 7. The highest BCUT2D eigenvalue weighted by Gasteiger charge is 2.15. The Labute approximate surface area is 183 Å². The van der Waals surface area contributed by atoms with Gasteiger partial charge in [-0.3, -0.25) is 0 Å². The maximum absolute atomic E-state index is 14.5. The third-order valence-electron chi connectivity index (χ3n) is 4.46. The molecule has 1 aliphatic heterocycles. The zero-order valence-corrected chi connectivity index (χ0v) is 18.6. The van der Waals surface area contributed by atoms with E-state index in [1.807, 2.05) is 48.5 Å². The molecule has 1 aromatic heterocycles. The Kier molecular flexibility index (Phi) is 9.56. The van der Waals surface area contributed by atoms with Crippen LogP contribution < -0.4 is 15.5 Å². The molecule has 1 fully saturated rings. The fourth-order valence-corrected chi connectivity index (χ4v) is 3.04. The Bertz CT molecular complexity index is 732. The molecule has 1 saturated heterocycles. The average Bonchev–Trinajstić information content (AvgIpc) is 3.20. The number of hydrogen-bond acceptors (Lipinski definition) is 3. The first-order valence-electron chi connectivity index (χ1n) is 9.50. The number of halogens is 2. The van der Waals surface area contributed by atoms with Crippen molar-refractivity contribution in [2.24, 2.45) is 4.99 Å². The monoisotopic (exact) mass is 501 g/mol. The van der Waals surface area contributed by atoms with Crippen LogP contribution in [0.1, 0.15) is 12.5 Å². The van der Waals surface area contributed by atoms with Gasteiger partial charge in [-0.1, -0.05) is 6.07 Å². The van der Waals surface area contributed by atoms with Crippen molar-refractivity contribution in [1.82, 2.24) is 15.2 Å². The van der Waals surface area contributed by atoms with Gasteiger partial charge in [0.05, 0.1) is 25.4 Å². The van der Waals surface area contributed by atoms with Crippen molar-refractivity contribution in [3.8, 4) is 0 Å². The minimum atomic E-state index is -0.199. The van der Waals surface area contributed by atoms with Gasteiger partial charge in [-0.2, -0.15) is 0 Å². The zero-order chi connectivity index (χ0) is 18.9. The van der Waals surface area contributed by atoms with Gasteiger partial charge in [-0.25, -0.2) is 9.38 Å². The summed E-state index contributed by atoms with van der Waals surface area (Å²) in [6.45, 7) is 7.61. The van der Waals surface area contributed by atoms with Crippen LogP contribution in [0.5, 0.6) is 0 Å². The Morgan fingerprint density at radius 2 is 1.93 bits per heavy atom. The second-order valence-electron chi connectivity index (χ2n) is 6.43. The Balaban J connectivity index is 0.00000280. The second kappa shape index (κ2) is 11.9. The van der Waals surface area contributed by atoms with Gasteiger partial charge in [0.1, 0.15) is 5.82 Å². The maximum Gasteiger partial charge on any atom is 0.191 e. The number of aromatic nitrogens is 1. The highest BCUT2D eigenvalue weighted by Crippen LogP contribution is 2.21. The highest BCUT2D eigenvalue weighted by molar-refractivity contribution is 14.0. The molecular formula is C20H29FIN5O. The van der Waals surface area contributed by atoms with Crippen molar-refractivity contribution in [2.75, 3.05) is 44.3 Å². The molecule has 1 aromatic carbocycles. The molecule has 2 aromatic rings. The van der Waals surface area contributed by atoms with E-state index in [2.05, 4.69) is 20.2 Å². The van der Waals surface area contributed by atoms with Crippen LogP contribution in [0.25, 0.3) is 0 Å². The molecule has 0 atom stereocenters. The number of aliphatic imine (C=N–C) groups is 1. The molecule has 28 heavy (non-hydrogen) atoms. The number of nitrogens with zero attached hydrogens (tertiary/aromatic N) is 3. The molecule has 1 aliphatic rings. The Hall–Kier alpha value is -1.81. The van der Waals surface area contributed by atoms with Crippen LogP contribution in [0.4, 0.5) is 10.1 Å². The molecule has 0 radical (unpaired) electrons. The summed E-state index contributed by atoms with van der Waals surface area (Å²) in [4.78, 5) is 6.60. The summed E-state index contributed by atoms with van der Waals surface area (Å²) in [6.07, 6.45) is 4.06. The first kappa shape index (κ1) is 22.5. The van der Waals surface area contributed by atoms with Crippen LogP contribution >= 0.6 is 24.0 Å². The lowest BCUT2D eigenvalue weighted by Crippen LogP contribution is -2.38. The van der Waals surface area contributed by atoms with Gasteiger partial charge < -0.3 is 24.8 Å². The topological polar surface area (TPSA) is 53.8 Å². The van der Waals surface area contributed by atoms with E-state index in [1.54, 1.807) is 6.07 Å². The number of hydrogen-bond donors (Lipinski definition) is 2. The van der Waals surface area contributed by atoms with Crippen LogP contribution in [0.15, 0.2) is 47.7 Å². The molecule has 8 heteroatoms. The highest BCUT2D eigenvalue weighted by atomic mass is 127. The minimum Gasteiger partial charge on any atom is -0.378 e. The molecule has 0 aliphatic carbocycles. The summed E-state index contributed by atoms with van der Waals surface area (Å²) < 4.78 is 21.9. The van der Waals surface area contributed by atoms with Crippen molar-refractivity contribution in [3.63, 3.8) is 0 Å². The number of ether oxygens (including phenoxy) is 1. The van der Waals surface area contributed by atoms with Gasteiger partial charge in [0.2, 0.25) is 0 Å². The van der Waals surface area contributed by atoms with Crippen molar-refractivity contribution in [2.45, 2.75) is 20.0 Å². The predicted molar refractivity (Wildman–Crippen MR) is 122 cm³/mol. The van der Waals surface area contributed by atoms with E-state index in [0.717, 1.165) is 44.2 Å². The van der Waals surface area contributed by atoms with Crippen molar-refractivity contribution in [1.29, 1.82) is 0 Å². The lowest BCUT2D eigenvalue weighted by molar-refractivity contribution is 0.122. The van der Waals surface area contributed by atoms with Crippen molar-refractivity contribution < 1.29 is 9.13 Å². The maximum atomic E-state index is 14.5. The van der Waals surface area contributed by atoms with Gasteiger partial charge in [-0.05, 0) is 36.8 Å². The van der Waals surface area contributed by atoms with Gasteiger partial charge in [0.15, 0.2) is 5.96 Å². The molecule has 2 heterocycles. The normalized spacial score (nSPS) is 14.5. The molecule has 0 spiro atoms. The molecule has 3 rings (SSSR count). The Morgan fingerprint density at radius 1 is 1.18 bits per heavy atom. The first-order chi connectivity index (χ1) is 13.3. The van der Waals surface area contributed by atoms with Gasteiger partial charge in [-0.15, -0.1) is 24.0 Å². The largest absolute Gasteiger partial charge is 0.378 e. The van der Waals surface area contributed by atoms with E-state index in [9.17, 15) is 4.39 Å². The van der Waals surface area contributed by atoms with Gasteiger partial charge >= 0.3 is 0 Å². The molecule has 6 nitrogen and oxygen atoms in total. The molecule has 2 N–H and O–H groups in total. The summed E-state index contributed by atoms with van der Waals surface area (Å²) in [6, 6.07) is 9.39. The lowest BCUT2D eigenvalue weighted by atomic mass is 10.1. The summed E-state index contributed by atoms with van der Waals surface area (Å²) in [7, 11) is 0. The minimum absolute atomic E-state index is 0. The smallest absolute Gasteiger partial charge is 0.191 e. The molecular weight excluding hydrogens is 472 g/mol. The van der Waals surface area contributed by atoms with E-state index in [1.165, 1.54) is 0 Å². The number of morpholine rings is 1. The van der Waals surface area contributed by atoms with Crippen molar-refractivity contribution in [3.05, 3.63) is 54.1 Å². The first-order valence-corrected chi connectivity index (χ1v) is 9.50. The van der Waals surface area contributed by atoms with E-state index in [-0.39, 0.29) is 29.8 Å². The summed E-state index contributed by atoms with van der Waals surface area (Å²) in [5, 5.41) is 6.53. The number of benzene rings is 1. The third kappa shape index (κ3) is 6.66. The summed E-state index contributed by atoms with van der Waals surface area (Å²) >= 11 is 0. The van der Waals surface area contributed by atoms with Crippen LogP contribution in [0, 0.1) is 5.82 Å². The SMILES string of the molecule is CCNC(=NCc1ccc(N2CCOCC2)c(F)c1)NCCn1cccc1.I. The fraction of sp³-hybridized carbons (Fsp3) is 0.450. The predicted octanol–water partition coefficient (Wildman–Crippen LogP) is 2.84. The van der Waals surface area contributed by atoms with E-state index in [0.29, 0.717) is 25.4 Å². The van der Waals surface area contributed by atoms with Crippen molar-refractivity contribution >= 4 is 35.6 Å². The van der Waals surface area contributed by atoms with E-state index >= 15 is 0 Å². The number of nitrogens with one attached hydrogen (secondary N) is 2. The molecule has 0 amide bonds. The van der Waals surface area contributed by atoms with Gasteiger partial charge in [0, 0.05) is 45.1 Å². The van der Waals surface area contributed by atoms with E-state index in [4.69, 9.17) is 4.74 Å². The number of anilines is 1. The molecule has 0 unspecified atom stereocenters. The van der Waals surface area contributed by atoms with Crippen LogP contribution in [-0.2, 0) is 17.8 Å². The zero-order valence-electron chi connectivity index (χ0n) is 16.2. The average molecular weight is 501 g/mol.